The Kier molecular flexibility index (Phi) is 15.6. The van der Waals surface area contributed by atoms with Crippen LogP contribution in [0.3, 0.4) is 0 Å². The maximum absolute atomic E-state index is 13.2. The minimum Gasteiger partial charge on any atom is -0.497 e. The van der Waals surface area contributed by atoms with E-state index in [9.17, 15) is 14.4 Å². The summed E-state index contributed by atoms with van der Waals surface area (Å²) in [5, 5.41) is 0. The van der Waals surface area contributed by atoms with E-state index in [4.69, 9.17) is 47.9 Å². The van der Waals surface area contributed by atoms with Gasteiger partial charge in [-0.25, -0.2) is 24.7 Å². The van der Waals surface area contributed by atoms with E-state index < -0.39 is 23.8 Å². The quantitative estimate of drug-likeness (QED) is 0.0876. The van der Waals surface area contributed by atoms with Crippen molar-refractivity contribution in [1.29, 1.82) is 0 Å². The lowest BCUT2D eigenvalue weighted by atomic mass is 9.75. The highest BCUT2D eigenvalue weighted by Crippen LogP contribution is 2.44. The highest BCUT2D eigenvalue weighted by molar-refractivity contribution is 6.33. The lowest BCUT2D eigenvalue weighted by molar-refractivity contribution is -0.160. The number of benzene rings is 2. The number of fused-ring (bicyclic) bond motifs is 6. The summed E-state index contributed by atoms with van der Waals surface area (Å²) in [6.45, 7) is 0.631. The van der Waals surface area contributed by atoms with Crippen molar-refractivity contribution >= 4 is 41.4 Å². The van der Waals surface area contributed by atoms with Crippen LogP contribution >= 0.6 is 0 Å². The Bertz CT molecular complexity index is 2620. The molecular formula is C51H62N8O11. The van der Waals surface area contributed by atoms with Crippen molar-refractivity contribution in [3.8, 4) is 23.3 Å². The summed E-state index contributed by atoms with van der Waals surface area (Å²) in [6.07, 6.45) is 6.46. The average molecular weight is 963 g/mol. The molecule has 2 aliphatic heterocycles. The van der Waals surface area contributed by atoms with Crippen molar-refractivity contribution in [3.05, 3.63) is 82.2 Å². The zero-order chi connectivity index (χ0) is 49.5. The summed E-state index contributed by atoms with van der Waals surface area (Å²) in [7, 11) is 13.8. The molecule has 2 aromatic heterocycles. The zero-order valence-electron chi connectivity index (χ0n) is 41.1. The van der Waals surface area contributed by atoms with Crippen molar-refractivity contribution in [2.75, 3.05) is 79.6 Å². The SMILES string of the molecule is COc1ccc2c(c1)C(OCCc1cnc(N(C)C)nc1OC)=N[C@@H]1CC[C@@H](OC(=O)CCC(=O)C(=O)O[C@@H]3CC[C@H]4N=C(OCCc5cnc(N(C)C)nc5OC)c5cc(OC)ccc5[C@H]4C3)C[C@H]21. The van der Waals surface area contributed by atoms with Gasteiger partial charge in [-0.2, -0.15) is 9.97 Å². The second kappa shape index (κ2) is 22.1. The molecule has 2 saturated carbocycles. The first-order chi connectivity index (χ1) is 33.8. The third kappa shape index (κ3) is 11.2. The van der Waals surface area contributed by atoms with Crippen LogP contribution in [0.2, 0.25) is 0 Å². The maximum atomic E-state index is 13.2. The zero-order valence-corrected chi connectivity index (χ0v) is 41.1. The summed E-state index contributed by atoms with van der Waals surface area (Å²) < 4.78 is 46.6. The molecule has 0 amide bonds. The predicted molar refractivity (Wildman–Crippen MR) is 259 cm³/mol. The van der Waals surface area contributed by atoms with Crippen LogP contribution in [0.25, 0.3) is 0 Å². The first-order valence-corrected chi connectivity index (χ1v) is 23.7. The molecule has 70 heavy (non-hydrogen) atoms. The minimum atomic E-state index is -0.951. The number of carbonyl (C=O) groups excluding carboxylic acids is 3. The van der Waals surface area contributed by atoms with E-state index in [1.807, 2.05) is 69.5 Å². The molecule has 0 saturated heterocycles. The molecule has 19 nitrogen and oxygen atoms in total. The largest absolute Gasteiger partial charge is 0.497 e. The van der Waals surface area contributed by atoms with Crippen LogP contribution in [-0.4, -0.2) is 144 Å². The van der Waals surface area contributed by atoms with Crippen LogP contribution < -0.4 is 28.7 Å². The Hall–Kier alpha value is -7.05. The van der Waals surface area contributed by atoms with Crippen molar-refractivity contribution in [3.63, 3.8) is 0 Å². The summed E-state index contributed by atoms with van der Waals surface area (Å²) >= 11 is 0. The molecule has 0 bridgehead atoms. The number of esters is 2. The van der Waals surface area contributed by atoms with Gasteiger partial charge < -0.3 is 47.7 Å². The van der Waals surface area contributed by atoms with E-state index in [0.29, 0.717) is 112 Å². The second-order valence-corrected chi connectivity index (χ2v) is 18.2. The van der Waals surface area contributed by atoms with Crippen molar-refractivity contribution in [1.82, 2.24) is 19.9 Å². The van der Waals surface area contributed by atoms with Gasteiger partial charge in [0.15, 0.2) is 0 Å². The molecule has 0 unspecified atom stereocenters. The molecule has 2 aliphatic carbocycles. The molecule has 0 radical (unpaired) electrons. The first-order valence-electron chi connectivity index (χ1n) is 23.7. The van der Waals surface area contributed by atoms with Crippen molar-refractivity contribution in [2.45, 2.75) is 100 Å². The maximum Gasteiger partial charge on any atom is 0.374 e. The third-order valence-corrected chi connectivity index (χ3v) is 13.3. The summed E-state index contributed by atoms with van der Waals surface area (Å²) in [6, 6.07) is 11.5. The van der Waals surface area contributed by atoms with E-state index >= 15 is 0 Å². The molecule has 2 aromatic carbocycles. The fourth-order valence-electron chi connectivity index (χ4n) is 9.62. The number of aromatic nitrogens is 4. The van der Waals surface area contributed by atoms with Crippen molar-refractivity contribution < 1.29 is 52.3 Å². The Balaban J connectivity index is 0.823. The molecular weight excluding hydrogens is 901 g/mol. The number of ether oxygens (including phenoxy) is 8. The normalized spacial score (nSPS) is 20.9. The number of anilines is 2. The van der Waals surface area contributed by atoms with Gasteiger partial charge in [-0.1, -0.05) is 12.1 Å². The number of Topliss-reactive ketones (excluding diaryl/α,β-unsaturated/α-hetero) is 1. The average Bonchev–Trinajstić information content (AvgIpc) is 3.37. The molecule has 8 rings (SSSR count). The number of aliphatic imine (C=N–C) groups is 2. The number of rotatable bonds is 18. The Morgan fingerprint density at radius 2 is 1.07 bits per heavy atom. The highest BCUT2D eigenvalue weighted by Gasteiger charge is 2.41. The van der Waals surface area contributed by atoms with Crippen LogP contribution in [0.15, 0.2) is 58.8 Å². The number of carbonyl (C=O) groups is 3. The molecule has 4 heterocycles. The summed E-state index contributed by atoms with van der Waals surface area (Å²) in [4.78, 5) is 71.0. The first kappa shape index (κ1) is 49.4. The van der Waals surface area contributed by atoms with Crippen LogP contribution in [0.4, 0.5) is 11.9 Å². The summed E-state index contributed by atoms with van der Waals surface area (Å²) in [5.74, 6) is 2.06. The van der Waals surface area contributed by atoms with Crippen LogP contribution in [0.1, 0.15) is 96.6 Å². The molecule has 372 valence electrons. The van der Waals surface area contributed by atoms with Gasteiger partial charge in [-0.15, -0.1) is 0 Å². The van der Waals surface area contributed by atoms with Crippen molar-refractivity contribution in [2.24, 2.45) is 9.98 Å². The topological polar surface area (TPSA) is 208 Å². The lowest BCUT2D eigenvalue weighted by Crippen LogP contribution is -2.37. The van der Waals surface area contributed by atoms with E-state index in [2.05, 4.69) is 19.9 Å². The van der Waals surface area contributed by atoms with E-state index in [0.717, 1.165) is 33.4 Å². The monoisotopic (exact) mass is 962 g/mol. The Labute approximate surface area is 407 Å². The van der Waals surface area contributed by atoms with E-state index in [1.54, 1.807) is 45.7 Å². The number of methoxy groups -OCH3 is 4. The molecule has 0 N–H and O–H groups in total. The molecule has 2 fully saturated rings. The third-order valence-electron chi connectivity index (χ3n) is 13.3. The van der Waals surface area contributed by atoms with Gasteiger partial charge in [0.1, 0.15) is 23.7 Å². The molecule has 4 aliphatic rings. The minimum absolute atomic E-state index is 0.0292. The number of hydrogen-bond donors (Lipinski definition) is 0. The number of ketones is 1. The van der Waals surface area contributed by atoms with Gasteiger partial charge in [-0.05, 0) is 73.9 Å². The number of nitrogens with zero attached hydrogens (tertiary/aromatic N) is 8. The summed E-state index contributed by atoms with van der Waals surface area (Å²) in [5.41, 5.74) is 5.28. The highest BCUT2D eigenvalue weighted by atomic mass is 16.6. The standard InChI is InChI=1S/C51H62N8O11/c1-58(2)50-52-27-29(45(56-50)65-7)19-21-67-47-39-23-31(63-5)9-13-35(39)37-25-33(11-15-41(37)54-47)69-44(61)18-17-43(60)49(62)70-34-12-16-42-38(26-34)36-14-10-32(64-6)24-40(36)48(55-42)68-22-20-30-28-53-51(59(3)4)57-46(30)66-8/h9-10,13-14,23-24,27-28,33-34,37-38,41-42H,11-12,15-22,25-26H2,1-8H3/t33-,34-,37-,38-,41-,42-/m1/s1. The van der Waals surface area contributed by atoms with Gasteiger partial charge in [0, 0.05) is 93.9 Å². The van der Waals surface area contributed by atoms with Gasteiger partial charge >= 0.3 is 11.9 Å². The van der Waals surface area contributed by atoms with E-state index in [-0.39, 0.29) is 42.9 Å². The van der Waals surface area contributed by atoms with E-state index in [1.165, 1.54) is 0 Å². The fourth-order valence-corrected chi connectivity index (χ4v) is 9.62. The smallest absolute Gasteiger partial charge is 0.374 e. The van der Waals surface area contributed by atoms with Gasteiger partial charge in [0.2, 0.25) is 41.2 Å². The molecule has 6 atom stereocenters. The van der Waals surface area contributed by atoms with Gasteiger partial charge in [0.25, 0.3) is 0 Å². The fraction of sp³-hybridized carbons (Fsp3) is 0.510. The van der Waals surface area contributed by atoms with Gasteiger partial charge in [-0.3, -0.25) is 9.59 Å². The van der Waals surface area contributed by atoms with Gasteiger partial charge in [0.05, 0.1) is 60.2 Å². The van der Waals surface area contributed by atoms with Crippen LogP contribution in [-0.2, 0) is 46.2 Å². The molecule has 4 aromatic rings. The predicted octanol–water partition coefficient (Wildman–Crippen LogP) is 5.62. The lowest BCUT2D eigenvalue weighted by Gasteiger charge is -2.38. The Morgan fingerprint density at radius 3 is 1.51 bits per heavy atom. The molecule has 0 spiro atoms. The second-order valence-electron chi connectivity index (χ2n) is 18.2. The van der Waals surface area contributed by atoms with Crippen LogP contribution in [0.5, 0.6) is 23.3 Å². The van der Waals surface area contributed by atoms with Crippen LogP contribution in [0, 0.1) is 0 Å². The molecule has 19 heteroatoms. The Morgan fingerprint density at radius 1 is 0.600 bits per heavy atom. The number of hydrogen-bond acceptors (Lipinski definition) is 19.